The van der Waals surface area contributed by atoms with Crippen LogP contribution >= 0.6 is 0 Å². The van der Waals surface area contributed by atoms with Crippen molar-refractivity contribution in [2.75, 3.05) is 26.2 Å². The van der Waals surface area contributed by atoms with E-state index in [1.54, 1.807) is 72.8 Å². The van der Waals surface area contributed by atoms with Crippen LogP contribution in [0.5, 0.6) is 5.75 Å². The van der Waals surface area contributed by atoms with Gasteiger partial charge in [-0.2, -0.15) is 0 Å². The second kappa shape index (κ2) is 21.4. The summed E-state index contributed by atoms with van der Waals surface area (Å²) in [4.78, 5) is 66.2. The number of hydrogen-bond acceptors (Lipinski definition) is 12. The Morgan fingerprint density at radius 3 is 2.23 bits per heavy atom. The largest absolute Gasteiger partial charge is 0.506 e. The number of aromatic amines is 1. The number of aliphatic hydroxyl groups excluding tert-OH is 1. The van der Waals surface area contributed by atoms with Crippen molar-refractivity contribution in [1.82, 2.24) is 35.8 Å². The fourth-order valence-electron chi connectivity index (χ4n) is 9.22. The smallest absolute Gasteiger partial charge is 0.347 e. The Balaban J connectivity index is 0.754. The number of esters is 1. The number of nitrogens with one attached hydrogen (secondary N) is 4. The molecular formula is C55H55N7O8. The van der Waals surface area contributed by atoms with Gasteiger partial charge in [-0.1, -0.05) is 97.1 Å². The Bertz CT molecular complexity index is 3010. The predicted octanol–water partition coefficient (Wildman–Crippen LogP) is 5.90. The van der Waals surface area contributed by atoms with E-state index in [0.29, 0.717) is 58.3 Å². The van der Waals surface area contributed by atoms with E-state index in [9.17, 15) is 34.5 Å². The van der Waals surface area contributed by atoms with E-state index in [-0.39, 0.29) is 59.6 Å². The van der Waals surface area contributed by atoms with Crippen molar-refractivity contribution >= 4 is 28.7 Å². The summed E-state index contributed by atoms with van der Waals surface area (Å²) in [7, 11) is 0. The summed E-state index contributed by atoms with van der Waals surface area (Å²) in [5.41, 5.74) is 2.70. The number of aromatic nitrogens is 3. The van der Waals surface area contributed by atoms with Crippen LogP contribution in [0, 0.1) is 5.92 Å². The first kappa shape index (κ1) is 47.5. The second-order valence-corrected chi connectivity index (χ2v) is 18.2. The molecule has 1 aliphatic carbocycles. The topological polar surface area (TPSA) is 219 Å². The minimum atomic E-state index is -2.12. The molecule has 0 radical (unpaired) electrons. The lowest BCUT2D eigenvalue weighted by Crippen LogP contribution is -2.53. The van der Waals surface area contributed by atoms with Gasteiger partial charge in [0.1, 0.15) is 11.4 Å². The highest BCUT2D eigenvalue weighted by Gasteiger charge is 2.42. The van der Waals surface area contributed by atoms with Crippen LogP contribution < -0.4 is 21.5 Å². The normalized spacial score (nSPS) is 17.5. The van der Waals surface area contributed by atoms with E-state index in [0.717, 1.165) is 38.0 Å². The average Bonchev–Trinajstić information content (AvgIpc) is 3.38. The van der Waals surface area contributed by atoms with Crippen LogP contribution in [0.3, 0.4) is 0 Å². The summed E-state index contributed by atoms with van der Waals surface area (Å²) < 4.78 is 5.92. The molecule has 2 aliphatic rings. The summed E-state index contributed by atoms with van der Waals surface area (Å²) in [6.45, 7) is 3.50. The van der Waals surface area contributed by atoms with Crippen molar-refractivity contribution in [3.63, 3.8) is 0 Å². The minimum absolute atomic E-state index is 0.0755. The zero-order chi connectivity index (χ0) is 48.6. The highest BCUT2D eigenvalue weighted by atomic mass is 16.5. The Labute approximate surface area is 404 Å². The van der Waals surface area contributed by atoms with E-state index < -0.39 is 23.6 Å². The molecule has 1 saturated carbocycles. The maximum atomic E-state index is 14.0. The maximum absolute atomic E-state index is 14.0. The van der Waals surface area contributed by atoms with Crippen LogP contribution in [0.25, 0.3) is 22.2 Å². The molecule has 5 aromatic carbocycles. The van der Waals surface area contributed by atoms with Gasteiger partial charge in [0.25, 0.3) is 11.8 Å². The molecule has 2 atom stereocenters. The standard InChI is InChI=1S/C55H55N7O8/c63-48-20-18-44(45-19-21-50(65)61-51(45)48)49(64)32-56-29-35-14-16-38(17-15-35)52(66)58-42-27-43(28-42)59-53(67)47-31-57-30-46(60-47)39-10-7-13-41(26-39)55(69,40-11-5-2-6-12-40)54(68)70-34-37-22-24-62(25-23-37)33-36-8-3-1-4-9-36/h1-21,26,30-31,37,42-43,49,56,63-64,69H,22-25,27-29,32-34H2,(H,58,66)(H,59,67)(H,61,65)/t42-,43-,49-,55-/m0/s1. The molecule has 3 heterocycles. The number of carbonyl (C=O) groups excluding carboxylic acids is 3. The SMILES string of the molecule is O=C(N[C@H]1C[C@H](NC(=O)c2cncc(-c3cccc([C@](O)(C(=O)OCC4CCN(Cc5ccccc5)CC4)c4ccccc4)c3)n2)C1)c1ccc(CNC[C@H](O)c2ccc(O)c3[nH]c(=O)ccc23)cc1. The van der Waals surface area contributed by atoms with Crippen LogP contribution in [0.2, 0.25) is 0 Å². The summed E-state index contributed by atoms with van der Waals surface area (Å²) in [5.74, 6) is -1.32. The molecule has 2 aromatic heterocycles. The number of rotatable bonds is 17. The molecule has 7 aromatic rings. The van der Waals surface area contributed by atoms with Crippen molar-refractivity contribution in [3.8, 4) is 17.0 Å². The number of pyridine rings is 1. The number of likely N-dealkylation sites (tertiary alicyclic amines) is 1. The molecule has 2 amide bonds. The molecule has 1 saturated heterocycles. The molecule has 7 N–H and O–H groups in total. The Morgan fingerprint density at radius 2 is 1.49 bits per heavy atom. The average molecular weight is 942 g/mol. The van der Waals surface area contributed by atoms with E-state index in [1.807, 2.05) is 36.4 Å². The molecule has 0 spiro atoms. The molecular weight excluding hydrogens is 887 g/mol. The summed E-state index contributed by atoms with van der Waals surface area (Å²) >= 11 is 0. The number of hydrogen-bond donors (Lipinski definition) is 7. The Hall–Kier alpha value is -7.56. The number of H-pyrrole nitrogens is 1. The van der Waals surface area contributed by atoms with Crippen LogP contribution in [-0.4, -0.2) is 91.3 Å². The van der Waals surface area contributed by atoms with Crippen molar-refractivity contribution in [2.45, 2.75) is 62.6 Å². The molecule has 0 bridgehead atoms. The minimum Gasteiger partial charge on any atom is -0.506 e. The van der Waals surface area contributed by atoms with Crippen molar-refractivity contribution in [1.29, 1.82) is 0 Å². The summed E-state index contributed by atoms with van der Waals surface area (Å²) in [6, 6.07) is 38.7. The van der Waals surface area contributed by atoms with Gasteiger partial charge in [0, 0.05) is 59.9 Å². The van der Waals surface area contributed by atoms with Gasteiger partial charge in [-0.05, 0) is 97.3 Å². The number of aromatic hydroxyl groups is 1. The molecule has 70 heavy (non-hydrogen) atoms. The third-order valence-corrected chi connectivity index (χ3v) is 13.3. The van der Waals surface area contributed by atoms with Gasteiger partial charge in [-0.15, -0.1) is 0 Å². The van der Waals surface area contributed by atoms with Gasteiger partial charge >= 0.3 is 5.97 Å². The third-order valence-electron chi connectivity index (χ3n) is 13.3. The zero-order valence-corrected chi connectivity index (χ0v) is 38.5. The third kappa shape index (κ3) is 11.0. The molecule has 0 unspecified atom stereocenters. The fourth-order valence-corrected chi connectivity index (χ4v) is 9.22. The summed E-state index contributed by atoms with van der Waals surface area (Å²) in [6.07, 6.45) is 4.82. The molecule has 15 heteroatoms. The number of amides is 2. The highest BCUT2D eigenvalue weighted by molar-refractivity contribution is 5.95. The summed E-state index contributed by atoms with van der Waals surface area (Å²) in [5, 5.41) is 43.2. The quantitative estimate of drug-likeness (QED) is 0.0532. The molecule has 2 fully saturated rings. The lowest BCUT2D eigenvalue weighted by molar-refractivity contribution is -0.164. The Morgan fingerprint density at radius 1 is 0.786 bits per heavy atom. The van der Waals surface area contributed by atoms with Gasteiger partial charge in [-0.25, -0.2) is 9.78 Å². The molecule has 9 rings (SSSR count). The van der Waals surface area contributed by atoms with Gasteiger partial charge < -0.3 is 41.0 Å². The van der Waals surface area contributed by atoms with E-state index >= 15 is 0 Å². The fraction of sp³-hybridized carbons (Fsp3) is 0.273. The monoisotopic (exact) mass is 941 g/mol. The van der Waals surface area contributed by atoms with E-state index in [1.165, 1.54) is 30.1 Å². The van der Waals surface area contributed by atoms with Gasteiger partial charge in [-0.3, -0.25) is 24.3 Å². The number of nitrogens with zero attached hydrogens (tertiary/aromatic N) is 3. The van der Waals surface area contributed by atoms with E-state index in [2.05, 4.69) is 47.9 Å². The van der Waals surface area contributed by atoms with Crippen molar-refractivity contribution < 1.29 is 34.4 Å². The number of phenols is 1. The number of carbonyl (C=O) groups is 3. The molecule has 15 nitrogen and oxygen atoms in total. The van der Waals surface area contributed by atoms with Crippen molar-refractivity contribution in [2.24, 2.45) is 5.92 Å². The number of fused-ring (bicyclic) bond motifs is 1. The lowest BCUT2D eigenvalue weighted by atomic mass is 9.85. The first-order valence-electron chi connectivity index (χ1n) is 23.6. The lowest BCUT2D eigenvalue weighted by Gasteiger charge is -2.36. The Kier molecular flexibility index (Phi) is 14.5. The first-order valence-corrected chi connectivity index (χ1v) is 23.6. The van der Waals surface area contributed by atoms with Gasteiger partial charge in [0.2, 0.25) is 11.2 Å². The van der Waals surface area contributed by atoms with Crippen LogP contribution in [0.15, 0.2) is 151 Å². The number of ether oxygens (including phenoxy) is 1. The second-order valence-electron chi connectivity index (χ2n) is 18.2. The first-order chi connectivity index (χ1) is 34.0. The number of piperidine rings is 1. The zero-order valence-electron chi connectivity index (χ0n) is 38.5. The van der Waals surface area contributed by atoms with Crippen LogP contribution in [0.1, 0.15) is 80.5 Å². The maximum Gasteiger partial charge on any atom is 0.347 e. The van der Waals surface area contributed by atoms with Gasteiger partial charge in [0.05, 0.1) is 36.3 Å². The van der Waals surface area contributed by atoms with Gasteiger partial charge in [0.15, 0.2) is 0 Å². The highest BCUT2D eigenvalue weighted by Crippen LogP contribution is 2.35. The number of aliphatic hydroxyl groups is 2. The van der Waals surface area contributed by atoms with Crippen LogP contribution in [-0.2, 0) is 28.2 Å². The predicted molar refractivity (Wildman–Crippen MR) is 263 cm³/mol. The van der Waals surface area contributed by atoms with E-state index in [4.69, 9.17) is 4.74 Å². The van der Waals surface area contributed by atoms with Crippen molar-refractivity contribution in [3.05, 3.63) is 195 Å². The molecule has 358 valence electrons. The number of phenolic OH excluding ortho intramolecular Hbond substituents is 1. The van der Waals surface area contributed by atoms with Crippen LogP contribution in [0.4, 0.5) is 0 Å². The molecule has 1 aliphatic heterocycles. The number of benzene rings is 5.